The lowest BCUT2D eigenvalue weighted by Crippen LogP contribution is -2.32. The average molecular weight is 311 g/mol. The van der Waals surface area contributed by atoms with Crippen LogP contribution in [0.15, 0.2) is 0 Å². The van der Waals surface area contributed by atoms with Crippen LogP contribution in [0.4, 0.5) is 0 Å². The predicted molar refractivity (Wildman–Crippen MR) is 64.1 cm³/mol. The Bertz CT molecular complexity index is 213. The van der Waals surface area contributed by atoms with E-state index in [0.29, 0.717) is 5.92 Å². The van der Waals surface area contributed by atoms with Gasteiger partial charge in [-0.2, -0.15) is 0 Å². The van der Waals surface area contributed by atoms with Crippen molar-refractivity contribution < 1.29 is 9.63 Å². The molecule has 0 bridgehead atoms. The van der Waals surface area contributed by atoms with Gasteiger partial charge < -0.3 is 4.84 Å². The van der Waals surface area contributed by atoms with Crippen molar-refractivity contribution in [1.29, 1.82) is 0 Å². The van der Waals surface area contributed by atoms with Gasteiger partial charge in [-0.25, -0.2) is 4.79 Å². The number of hydrogen-bond donors (Lipinski definition) is 0. The molecule has 1 saturated heterocycles. The highest BCUT2D eigenvalue weighted by atomic mass is 127. The van der Waals surface area contributed by atoms with Crippen molar-refractivity contribution in [3.8, 4) is 0 Å². The van der Waals surface area contributed by atoms with Crippen LogP contribution < -0.4 is 0 Å². The van der Waals surface area contributed by atoms with Crippen molar-refractivity contribution in [3.05, 3.63) is 0 Å². The van der Waals surface area contributed by atoms with Gasteiger partial charge in [-0.1, -0.05) is 22.6 Å². The largest absolute Gasteiger partial charge is 0.367 e. The molecule has 0 saturated carbocycles. The molecule has 4 heteroatoms. The lowest BCUT2D eigenvalue weighted by molar-refractivity contribution is -0.195. The number of halogens is 1. The van der Waals surface area contributed by atoms with Gasteiger partial charge in [0.15, 0.2) is 0 Å². The zero-order chi connectivity index (χ0) is 10.8. The first-order valence-electron chi connectivity index (χ1n) is 4.97. The minimum absolute atomic E-state index is 0.133. The summed E-state index contributed by atoms with van der Waals surface area (Å²) in [6.45, 7) is 7.41. The number of rotatable bonds is 2. The first-order valence-corrected chi connectivity index (χ1v) is 6.49. The third-order valence-corrected chi connectivity index (χ3v) is 3.54. The molecule has 82 valence electrons. The maximum Gasteiger partial charge on any atom is 0.330 e. The zero-order valence-electron chi connectivity index (χ0n) is 9.05. The summed E-state index contributed by atoms with van der Waals surface area (Å²) in [6, 6.07) is 0. The van der Waals surface area contributed by atoms with E-state index in [0.717, 1.165) is 23.9 Å². The summed E-state index contributed by atoms with van der Waals surface area (Å²) in [6.07, 6.45) is 1.14. The molecule has 1 atom stereocenters. The van der Waals surface area contributed by atoms with Gasteiger partial charge in [-0.3, -0.25) is 0 Å². The number of hydroxylamine groups is 2. The number of carbonyl (C=O) groups is 1. The number of nitrogens with zero attached hydrogens (tertiary/aromatic N) is 1. The fourth-order valence-electron chi connectivity index (χ4n) is 1.26. The summed E-state index contributed by atoms with van der Waals surface area (Å²) < 4.78 is 1.14. The Morgan fingerprint density at radius 1 is 1.57 bits per heavy atom. The first kappa shape index (κ1) is 12.2. The van der Waals surface area contributed by atoms with Crippen LogP contribution in [0.1, 0.15) is 27.2 Å². The van der Waals surface area contributed by atoms with Crippen molar-refractivity contribution in [1.82, 2.24) is 5.06 Å². The van der Waals surface area contributed by atoms with Crippen molar-refractivity contribution in [2.75, 3.05) is 17.5 Å². The van der Waals surface area contributed by atoms with Crippen LogP contribution in [0.3, 0.4) is 0 Å². The normalized spacial score (nSPS) is 23.9. The number of alkyl halides is 1. The molecule has 0 aromatic carbocycles. The van der Waals surface area contributed by atoms with Crippen LogP contribution in [0.5, 0.6) is 0 Å². The van der Waals surface area contributed by atoms with Crippen LogP contribution in [0.2, 0.25) is 0 Å². The summed E-state index contributed by atoms with van der Waals surface area (Å²) in [5, 5.41) is 1.80. The van der Waals surface area contributed by atoms with Crippen molar-refractivity contribution in [2.24, 2.45) is 11.3 Å². The van der Waals surface area contributed by atoms with Crippen molar-refractivity contribution in [2.45, 2.75) is 27.2 Å². The second-order valence-corrected chi connectivity index (χ2v) is 5.71. The molecule has 1 aliphatic heterocycles. The molecule has 0 unspecified atom stereocenters. The monoisotopic (exact) mass is 311 g/mol. The van der Waals surface area contributed by atoms with Gasteiger partial charge in [-0.15, -0.1) is 5.06 Å². The maximum absolute atomic E-state index is 11.5. The van der Waals surface area contributed by atoms with Crippen LogP contribution in [-0.4, -0.2) is 28.5 Å². The minimum Gasteiger partial charge on any atom is -0.367 e. The molecule has 0 aliphatic carbocycles. The number of hydrogen-bond acceptors (Lipinski definition) is 3. The minimum atomic E-state index is -0.400. The molecule has 1 fully saturated rings. The highest BCUT2D eigenvalue weighted by Crippen LogP contribution is 2.22. The van der Waals surface area contributed by atoms with E-state index < -0.39 is 5.41 Å². The molecular formula is C10H18INO2. The highest BCUT2D eigenvalue weighted by molar-refractivity contribution is 14.1. The topological polar surface area (TPSA) is 29.5 Å². The van der Waals surface area contributed by atoms with Crippen molar-refractivity contribution in [3.63, 3.8) is 0 Å². The summed E-state index contributed by atoms with van der Waals surface area (Å²) in [4.78, 5) is 16.8. The van der Waals surface area contributed by atoms with E-state index in [2.05, 4.69) is 22.6 Å². The molecule has 1 heterocycles. The van der Waals surface area contributed by atoms with Crippen LogP contribution >= 0.6 is 22.6 Å². The van der Waals surface area contributed by atoms with E-state index in [9.17, 15) is 4.79 Å². The Labute approximate surface area is 99.3 Å². The number of carbonyl (C=O) groups excluding carboxylic acids is 1. The third-order valence-electron chi connectivity index (χ3n) is 2.29. The molecule has 0 spiro atoms. The Morgan fingerprint density at radius 3 is 2.64 bits per heavy atom. The standard InChI is InChI=1S/C10H18INO2/c1-10(2,3)9(13)14-12-5-4-8(6-11)7-12/h8H,4-7H2,1-3H3/t8-/m0/s1. The van der Waals surface area contributed by atoms with Gasteiger partial charge in [0.05, 0.1) is 5.41 Å². The molecule has 3 nitrogen and oxygen atoms in total. The van der Waals surface area contributed by atoms with Crippen LogP contribution in [0, 0.1) is 11.3 Å². The molecule has 14 heavy (non-hydrogen) atoms. The zero-order valence-corrected chi connectivity index (χ0v) is 11.2. The molecule has 0 aromatic rings. The quantitative estimate of drug-likeness (QED) is 0.579. The average Bonchev–Trinajstić information content (AvgIpc) is 2.50. The highest BCUT2D eigenvalue weighted by Gasteiger charge is 2.29. The third kappa shape index (κ3) is 3.38. The SMILES string of the molecule is CC(C)(C)C(=O)ON1CC[C@@H](CI)C1. The van der Waals surface area contributed by atoms with Gasteiger partial charge in [0, 0.05) is 17.5 Å². The molecule has 0 aromatic heterocycles. The Balaban J connectivity index is 2.36. The molecule has 0 N–H and O–H groups in total. The maximum atomic E-state index is 11.5. The second kappa shape index (κ2) is 4.79. The lowest BCUT2D eigenvalue weighted by Gasteiger charge is -2.21. The summed E-state index contributed by atoms with van der Waals surface area (Å²) in [5.74, 6) is 0.551. The van der Waals surface area contributed by atoms with Gasteiger partial charge in [0.1, 0.15) is 0 Å². The van der Waals surface area contributed by atoms with Gasteiger partial charge in [0.25, 0.3) is 0 Å². The summed E-state index contributed by atoms with van der Waals surface area (Å²) in [7, 11) is 0. The molecular weight excluding hydrogens is 293 g/mol. The van der Waals surface area contributed by atoms with Crippen LogP contribution in [-0.2, 0) is 9.63 Å². The smallest absolute Gasteiger partial charge is 0.330 e. The second-order valence-electron chi connectivity index (χ2n) is 4.83. The summed E-state index contributed by atoms with van der Waals surface area (Å²) >= 11 is 2.38. The van der Waals surface area contributed by atoms with E-state index >= 15 is 0 Å². The van der Waals surface area contributed by atoms with E-state index in [4.69, 9.17) is 4.84 Å². The summed E-state index contributed by atoms with van der Waals surface area (Å²) in [5.41, 5.74) is -0.400. The first-order chi connectivity index (χ1) is 6.43. The van der Waals surface area contributed by atoms with E-state index in [1.54, 1.807) is 5.06 Å². The van der Waals surface area contributed by atoms with Crippen molar-refractivity contribution >= 4 is 28.6 Å². The van der Waals surface area contributed by atoms with E-state index in [1.165, 1.54) is 0 Å². The fraction of sp³-hybridized carbons (Fsp3) is 0.900. The molecule has 0 amide bonds. The lowest BCUT2D eigenvalue weighted by atomic mass is 9.98. The van der Waals surface area contributed by atoms with E-state index in [1.807, 2.05) is 20.8 Å². The van der Waals surface area contributed by atoms with Gasteiger partial charge in [-0.05, 0) is 33.1 Å². The Morgan fingerprint density at radius 2 is 2.21 bits per heavy atom. The molecule has 1 aliphatic rings. The van der Waals surface area contributed by atoms with E-state index in [-0.39, 0.29) is 5.97 Å². The fourth-order valence-corrected chi connectivity index (χ4v) is 1.98. The molecule has 1 rings (SSSR count). The van der Waals surface area contributed by atoms with Gasteiger partial charge >= 0.3 is 5.97 Å². The Kier molecular flexibility index (Phi) is 4.18. The molecule has 0 radical (unpaired) electrons. The Hall–Kier alpha value is 0.160. The van der Waals surface area contributed by atoms with Gasteiger partial charge in [0.2, 0.25) is 0 Å². The van der Waals surface area contributed by atoms with Crippen LogP contribution in [0.25, 0.3) is 0 Å². The predicted octanol–water partition coefficient (Wildman–Crippen LogP) is 2.25.